The van der Waals surface area contributed by atoms with E-state index in [1.807, 2.05) is 18.2 Å². The van der Waals surface area contributed by atoms with Gasteiger partial charge in [0.15, 0.2) is 0 Å². The molecule has 1 saturated heterocycles. The summed E-state index contributed by atoms with van der Waals surface area (Å²) in [6.45, 7) is 7.25. The number of amides is 1. The third kappa shape index (κ3) is 2.58. The Labute approximate surface area is 110 Å². The molecule has 1 heterocycles. The lowest BCUT2D eigenvalue weighted by atomic mass is 9.98. The highest BCUT2D eigenvalue weighted by Gasteiger charge is 2.26. The number of likely N-dealkylation sites (tertiary alicyclic amines) is 1. The van der Waals surface area contributed by atoms with Gasteiger partial charge in [-0.3, -0.25) is 4.79 Å². The second-order valence-electron chi connectivity index (χ2n) is 5.36. The molecule has 1 unspecified atom stereocenters. The van der Waals surface area contributed by atoms with Crippen molar-refractivity contribution in [2.24, 2.45) is 0 Å². The average molecular weight is 245 g/mol. The van der Waals surface area contributed by atoms with E-state index in [1.54, 1.807) is 0 Å². The van der Waals surface area contributed by atoms with Crippen molar-refractivity contribution >= 4 is 5.91 Å². The van der Waals surface area contributed by atoms with Crippen molar-refractivity contribution in [3.05, 3.63) is 34.9 Å². The summed E-state index contributed by atoms with van der Waals surface area (Å²) in [7, 11) is 0. The van der Waals surface area contributed by atoms with Gasteiger partial charge in [0.05, 0.1) is 0 Å². The molecule has 0 aliphatic carbocycles. The molecule has 0 spiro atoms. The normalized spacial score (nSPS) is 19.9. The molecule has 0 radical (unpaired) electrons. The summed E-state index contributed by atoms with van der Waals surface area (Å²) < 4.78 is 0. The zero-order valence-corrected chi connectivity index (χ0v) is 11.7. The maximum absolute atomic E-state index is 12.6. The molecule has 98 valence electrons. The van der Waals surface area contributed by atoms with Crippen LogP contribution in [-0.2, 0) is 0 Å². The Morgan fingerprint density at radius 3 is 2.72 bits per heavy atom. The number of nitrogens with zero attached hydrogens (tertiary/aromatic N) is 1. The Morgan fingerprint density at radius 2 is 2.06 bits per heavy atom. The first-order valence-electron chi connectivity index (χ1n) is 7.01. The molecule has 2 nitrogen and oxygen atoms in total. The summed E-state index contributed by atoms with van der Waals surface area (Å²) >= 11 is 0. The van der Waals surface area contributed by atoms with E-state index >= 15 is 0 Å². The van der Waals surface area contributed by atoms with Crippen molar-refractivity contribution < 1.29 is 4.79 Å². The monoisotopic (exact) mass is 245 g/mol. The molecule has 1 aromatic carbocycles. The number of carbonyl (C=O) groups is 1. The SMILES string of the molecule is CCC1CCCCN1C(=O)c1ccc(C)c(C)c1. The molecular weight excluding hydrogens is 222 g/mol. The van der Waals surface area contributed by atoms with E-state index in [0.29, 0.717) is 6.04 Å². The van der Waals surface area contributed by atoms with Gasteiger partial charge in [-0.05, 0) is 62.8 Å². The van der Waals surface area contributed by atoms with Crippen molar-refractivity contribution in [2.75, 3.05) is 6.54 Å². The molecule has 0 aromatic heterocycles. The lowest BCUT2D eigenvalue weighted by molar-refractivity contribution is 0.0608. The van der Waals surface area contributed by atoms with Gasteiger partial charge in [0.25, 0.3) is 5.91 Å². The standard InChI is InChI=1S/C16H23NO/c1-4-15-7-5-6-10-17(15)16(18)14-9-8-12(2)13(3)11-14/h8-9,11,15H,4-7,10H2,1-3H3. The van der Waals surface area contributed by atoms with Gasteiger partial charge in [0.2, 0.25) is 0 Å². The minimum absolute atomic E-state index is 0.213. The zero-order valence-electron chi connectivity index (χ0n) is 11.7. The van der Waals surface area contributed by atoms with E-state index in [1.165, 1.54) is 17.5 Å². The van der Waals surface area contributed by atoms with Gasteiger partial charge in [-0.15, -0.1) is 0 Å². The first-order valence-corrected chi connectivity index (χ1v) is 7.01. The van der Waals surface area contributed by atoms with Crippen molar-refractivity contribution in [1.82, 2.24) is 4.90 Å². The second kappa shape index (κ2) is 5.55. The lowest BCUT2D eigenvalue weighted by Crippen LogP contribution is -2.43. The summed E-state index contributed by atoms with van der Waals surface area (Å²) in [6.07, 6.45) is 4.63. The van der Waals surface area contributed by atoms with Gasteiger partial charge < -0.3 is 4.90 Å². The van der Waals surface area contributed by atoms with Gasteiger partial charge in [-0.2, -0.15) is 0 Å². The minimum atomic E-state index is 0.213. The fraction of sp³-hybridized carbons (Fsp3) is 0.562. The van der Waals surface area contributed by atoms with Crippen molar-refractivity contribution in [1.29, 1.82) is 0 Å². The number of aryl methyl sites for hydroxylation is 2. The predicted molar refractivity (Wildman–Crippen MR) is 74.9 cm³/mol. The number of hydrogen-bond acceptors (Lipinski definition) is 1. The summed E-state index contributed by atoms with van der Waals surface area (Å²) in [5, 5.41) is 0. The number of piperidine rings is 1. The van der Waals surface area contributed by atoms with Gasteiger partial charge in [-0.25, -0.2) is 0 Å². The van der Waals surface area contributed by atoms with E-state index in [4.69, 9.17) is 0 Å². The van der Waals surface area contributed by atoms with Crippen LogP contribution < -0.4 is 0 Å². The van der Waals surface area contributed by atoms with E-state index in [0.717, 1.165) is 31.4 Å². The van der Waals surface area contributed by atoms with Gasteiger partial charge >= 0.3 is 0 Å². The van der Waals surface area contributed by atoms with Crippen molar-refractivity contribution in [3.63, 3.8) is 0 Å². The molecule has 18 heavy (non-hydrogen) atoms. The second-order valence-corrected chi connectivity index (χ2v) is 5.36. The van der Waals surface area contributed by atoms with E-state index in [-0.39, 0.29) is 5.91 Å². The fourth-order valence-electron chi connectivity index (χ4n) is 2.73. The molecule has 2 heteroatoms. The first kappa shape index (κ1) is 13.1. The maximum Gasteiger partial charge on any atom is 0.254 e. The molecule has 0 N–H and O–H groups in total. The Hall–Kier alpha value is -1.31. The first-order chi connectivity index (χ1) is 8.63. The molecule has 1 aromatic rings. The van der Waals surface area contributed by atoms with Crippen LogP contribution in [0.25, 0.3) is 0 Å². The third-order valence-electron chi connectivity index (χ3n) is 4.11. The Balaban J connectivity index is 2.21. The summed E-state index contributed by atoms with van der Waals surface area (Å²) in [5.41, 5.74) is 3.29. The highest BCUT2D eigenvalue weighted by Crippen LogP contribution is 2.22. The summed E-state index contributed by atoms with van der Waals surface area (Å²) in [4.78, 5) is 14.6. The van der Waals surface area contributed by atoms with Crippen LogP contribution in [0.2, 0.25) is 0 Å². The van der Waals surface area contributed by atoms with E-state index < -0.39 is 0 Å². The molecule has 0 saturated carbocycles. The fourth-order valence-corrected chi connectivity index (χ4v) is 2.73. The Kier molecular flexibility index (Phi) is 4.05. The molecule has 1 fully saturated rings. The molecule has 1 aliphatic heterocycles. The third-order valence-corrected chi connectivity index (χ3v) is 4.11. The highest BCUT2D eigenvalue weighted by molar-refractivity contribution is 5.94. The Morgan fingerprint density at radius 1 is 1.28 bits per heavy atom. The van der Waals surface area contributed by atoms with Crippen LogP contribution >= 0.6 is 0 Å². The number of carbonyl (C=O) groups excluding carboxylic acids is 1. The van der Waals surface area contributed by atoms with E-state index in [2.05, 4.69) is 25.7 Å². The Bertz CT molecular complexity index is 439. The maximum atomic E-state index is 12.6. The van der Waals surface area contributed by atoms with Gasteiger partial charge in [0, 0.05) is 18.2 Å². The van der Waals surface area contributed by atoms with Crippen LogP contribution in [0.15, 0.2) is 18.2 Å². The van der Waals surface area contributed by atoms with Crippen LogP contribution in [0, 0.1) is 13.8 Å². The zero-order chi connectivity index (χ0) is 13.1. The molecule has 1 atom stereocenters. The van der Waals surface area contributed by atoms with Crippen LogP contribution in [0.3, 0.4) is 0 Å². The highest BCUT2D eigenvalue weighted by atomic mass is 16.2. The number of hydrogen-bond donors (Lipinski definition) is 0. The van der Waals surface area contributed by atoms with Crippen molar-refractivity contribution in [3.8, 4) is 0 Å². The molecule has 0 bridgehead atoms. The van der Waals surface area contributed by atoms with Crippen LogP contribution in [0.1, 0.15) is 54.1 Å². The minimum Gasteiger partial charge on any atom is -0.336 e. The number of rotatable bonds is 2. The smallest absolute Gasteiger partial charge is 0.254 e. The van der Waals surface area contributed by atoms with E-state index in [9.17, 15) is 4.79 Å². The van der Waals surface area contributed by atoms with Crippen LogP contribution in [0.5, 0.6) is 0 Å². The quantitative estimate of drug-likeness (QED) is 0.778. The largest absolute Gasteiger partial charge is 0.336 e. The van der Waals surface area contributed by atoms with Crippen LogP contribution in [0.4, 0.5) is 0 Å². The lowest BCUT2D eigenvalue weighted by Gasteiger charge is -2.35. The van der Waals surface area contributed by atoms with Crippen LogP contribution in [-0.4, -0.2) is 23.4 Å². The molecule has 1 aliphatic rings. The average Bonchev–Trinajstić information content (AvgIpc) is 2.41. The molecule has 1 amide bonds. The summed E-state index contributed by atoms with van der Waals surface area (Å²) in [6, 6.07) is 6.48. The van der Waals surface area contributed by atoms with Gasteiger partial charge in [0.1, 0.15) is 0 Å². The molecular formula is C16H23NO. The number of benzene rings is 1. The van der Waals surface area contributed by atoms with Gasteiger partial charge in [-0.1, -0.05) is 13.0 Å². The summed E-state index contributed by atoms with van der Waals surface area (Å²) in [5.74, 6) is 0.213. The molecule has 2 rings (SSSR count). The van der Waals surface area contributed by atoms with Crippen molar-refractivity contribution in [2.45, 2.75) is 52.5 Å². The topological polar surface area (TPSA) is 20.3 Å². The predicted octanol–water partition coefficient (Wildman–Crippen LogP) is 3.71.